The van der Waals surface area contributed by atoms with Gasteiger partial charge in [-0.15, -0.1) is 0 Å². The van der Waals surface area contributed by atoms with E-state index in [-0.39, 0.29) is 11.8 Å². The maximum atomic E-state index is 13.1. The van der Waals surface area contributed by atoms with E-state index >= 15 is 0 Å². The monoisotopic (exact) mass is 389 g/mol. The Morgan fingerprint density at radius 1 is 0.966 bits per heavy atom. The number of amides is 2. The summed E-state index contributed by atoms with van der Waals surface area (Å²) >= 11 is 0. The molecule has 2 aromatic carbocycles. The zero-order valence-electron chi connectivity index (χ0n) is 17.5. The second kappa shape index (κ2) is 8.86. The summed E-state index contributed by atoms with van der Waals surface area (Å²) in [5, 5.41) is 3.94. The Kier molecular flexibility index (Phi) is 6.27. The quantitative estimate of drug-likeness (QED) is 0.656. The number of nitrogens with zero attached hydrogens (tertiary/aromatic N) is 2. The summed E-state index contributed by atoms with van der Waals surface area (Å²) < 4.78 is 0. The number of pyridine rings is 1. The molecule has 2 amide bonds. The Morgan fingerprint density at radius 2 is 1.62 bits per heavy atom. The lowest BCUT2D eigenvalue weighted by Crippen LogP contribution is -2.30. The highest BCUT2D eigenvalue weighted by Crippen LogP contribution is 2.24. The molecular weight excluding hydrogens is 362 g/mol. The standard InChI is InChI=1S/C24H27N3O2/c1-5-20-22(16(4)19-10-8-9-11-21(19)26-20)23(28)25-18-14-12-17(13-15-18)24(29)27(6-2)7-3/h8-15H,5-7H2,1-4H3,(H,25,28). The van der Waals surface area contributed by atoms with E-state index in [4.69, 9.17) is 0 Å². The third-order valence-electron chi connectivity index (χ3n) is 5.23. The van der Waals surface area contributed by atoms with Gasteiger partial charge in [-0.3, -0.25) is 14.6 Å². The largest absolute Gasteiger partial charge is 0.339 e. The lowest BCUT2D eigenvalue weighted by Gasteiger charge is -2.18. The first-order chi connectivity index (χ1) is 14.0. The normalized spacial score (nSPS) is 10.8. The number of aryl methyl sites for hydroxylation is 2. The van der Waals surface area contributed by atoms with Crippen LogP contribution in [-0.4, -0.2) is 34.8 Å². The number of anilines is 1. The van der Waals surface area contributed by atoms with Gasteiger partial charge in [0.2, 0.25) is 0 Å². The first-order valence-corrected chi connectivity index (χ1v) is 10.1. The molecule has 3 aromatic rings. The summed E-state index contributed by atoms with van der Waals surface area (Å²) in [7, 11) is 0. The summed E-state index contributed by atoms with van der Waals surface area (Å²) in [6.07, 6.45) is 0.672. The minimum atomic E-state index is -0.180. The first-order valence-electron chi connectivity index (χ1n) is 10.1. The van der Waals surface area contributed by atoms with E-state index < -0.39 is 0 Å². The van der Waals surface area contributed by atoms with Crippen LogP contribution in [0.2, 0.25) is 0 Å². The minimum absolute atomic E-state index is 0.00396. The van der Waals surface area contributed by atoms with Crippen LogP contribution in [0.3, 0.4) is 0 Å². The van der Waals surface area contributed by atoms with Gasteiger partial charge in [-0.25, -0.2) is 0 Å². The van der Waals surface area contributed by atoms with Gasteiger partial charge in [0.25, 0.3) is 11.8 Å². The molecule has 1 aromatic heterocycles. The number of aromatic nitrogens is 1. The summed E-state index contributed by atoms with van der Waals surface area (Å²) in [5.41, 5.74) is 4.50. The average molecular weight is 389 g/mol. The number of rotatable bonds is 6. The van der Waals surface area contributed by atoms with Crippen molar-refractivity contribution in [3.8, 4) is 0 Å². The fourth-order valence-corrected chi connectivity index (χ4v) is 3.58. The predicted molar refractivity (Wildman–Crippen MR) is 118 cm³/mol. The fourth-order valence-electron chi connectivity index (χ4n) is 3.58. The van der Waals surface area contributed by atoms with E-state index in [0.29, 0.717) is 36.3 Å². The number of hydrogen-bond acceptors (Lipinski definition) is 3. The minimum Gasteiger partial charge on any atom is -0.339 e. The summed E-state index contributed by atoms with van der Waals surface area (Å²) in [5.74, 6) is -0.184. The van der Waals surface area contributed by atoms with Gasteiger partial charge in [0.05, 0.1) is 16.8 Å². The number of benzene rings is 2. The molecular formula is C24H27N3O2. The van der Waals surface area contributed by atoms with Crippen LogP contribution in [0.15, 0.2) is 48.5 Å². The molecule has 0 saturated heterocycles. The van der Waals surface area contributed by atoms with Crippen LogP contribution in [-0.2, 0) is 6.42 Å². The highest BCUT2D eigenvalue weighted by atomic mass is 16.2. The molecule has 0 radical (unpaired) electrons. The van der Waals surface area contributed by atoms with Gasteiger partial charge < -0.3 is 10.2 Å². The Labute approximate surface area is 171 Å². The summed E-state index contributed by atoms with van der Waals surface area (Å²) in [6, 6.07) is 14.9. The molecule has 0 saturated carbocycles. The summed E-state index contributed by atoms with van der Waals surface area (Å²) in [6.45, 7) is 9.22. The molecule has 0 spiro atoms. The van der Waals surface area contributed by atoms with Crippen LogP contribution in [0.1, 0.15) is 52.7 Å². The SMILES string of the molecule is CCc1nc2ccccc2c(C)c1C(=O)Nc1ccc(C(=O)N(CC)CC)cc1. The second-order valence-electron chi connectivity index (χ2n) is 6.94. The van der Waals surface area contributed by atoms with E-state index in [1.807, 2.05) is 52.0 Å². The van der Waals surface area contributed by atoms with E-state index in [2.05, 4.69) is 10.3 Å². The predicted octanol–water partition coefficient (Wildman–Crippen LogP) is 4.84. The topological polar surface area (TPSA) is 62.3 Å². The van der Waals surface area contributed by atoms with Crippen molar-refractivity contribution in [2.45, 2.75) is 34.1 Å². The zero-order chi connectivity index (χ0) is 21.0. The highest BCUT2D eigenvalue weighted by molar-refractivity contribution is 6.08. The molecule has 0 aliphatic heterocycles. The van der Waals surface area contributed by atoms with Crippen LogP contribution in [0.25, 0.3) is 10.9 Å². The Balaban J connectivity index is 1.87. The van der Waals surface area contributed by atoms with Crippen molar-refractivity contribution in [2.24, 2.45) is 0 Å². The van der Waals surface area contributed by atoms with Crippen LogP contribution in [0, 0.1) is 6.92 Å². The van der Waals surface area contributed by atoms with Crippen molar-refractivity contribution in [1.82, 2.24) is 9.88 Å². The molecule has 5 heteroatoms. The van der Waals surface area contributed by atoms with Gasteiger partial charge >= 0.3 is 0 Å². The molecule has 3 rings (SSSR count). The number of carbonyl (C=O) groups is 2. The van der Waals surface area contributed by atoms with Crippen molar-refractivity contribution >= 4 is 28.4 Å². The van der Waals surface area contributed by atoms with Gasteiger partial charge in [0, 0.05) is 29.7 Å². The molecule has 1 heterocycles. The van der Waals surface area contributed by atoms with Crippen molar-refractivity contribution < 1.29 is 9.59 Å². The molecule has 29 heavy (non-hydrogen) atoms. The van der Waals surface area contributed by atoms with Gasteiger partial charge in [0.15, 0.2) is 0 Å². The first kappa shape index (κ1) is 20.5. The molecule has 5 nitrogen and oxygen atoms in total. The van der Waals surface area contributed by atoms with Crippen LogP contribution < -0.4 is 5.32 Å². The zero-order valence-corrected chi connectivity index (χ0v) is 17.5. The fraction of sp³-hybridized carbons (Fsp3) is 0.292. The van der Waals surface area contributed by atoms with E-state index in [9.17, 15) is 9.59 Å². The molecule has 0 aliphatic rings. The number of fused-ring (bicyclic) bond motifs is 1. The molecule has 150 valence electrons. The van der Waals surface area contributed by atoms with E-state index in [0.717, 1.165) is 22.2 Å². The number of hydrogen-bond donors (Lipinski definition) is 1. The summed E-state index contributed by atoms with van der Waals surface area (Å²) in [4.78, 5) is 31.9. The van der Waals surface area contributed by atoms with Crippen LogP contribution in [0.4, 0.5) is 5.69 Å². The number of nitrogens with one attached hydrogen (secondary N) is 1. The van der Waals surface area contributed by atoms with Crippen molar-refractivity contribution in [3.05, 3.63) is 70.9 Å². The second-order valence-corrected chi connectivity index (χ2v) is 6.94. The van der Waals surface area contributed by atoms with E-state index in [1.54, 1.807) is 29.2 Å². The van der Waals surface area contributed by atoms with Crippen LogP contribution in [0.5, 0.6) is 0 Å². The maximum absolute atomic E-state index is 13.1. The van der Waals surface area contributed by atoms with Crippen LogP contribution >= 0.6 is 0 Å². The number of para-hydroxylation sites is 1. The van der Waals surface area contributed by atoms with Crippen molar-refractivity contribution in [3.63, 3.8) is 0 Å². The maximum Gasteiger partial charge on any atom is 0.257 e. The molecule has 0 aliphatic carbocycles. The molecule has 1 N–H and O–H groups in total. The third-order valence-corrected chi connectivity index (χ3v) is 5.23. The Bertz CT molecular complexity index is 1040. The van der Waals surface area contributed by atoms with Gasteiger partial charge in [0.1, 0.15) is 0 Å². The molecule has 0 fully saturated rings. The molecule has 0 unspecified atom stereocenters. The lowest BCUT2D eigenvalue weighted by atomic mass is 9.99. The third kappa shape index (κ3) is 4.14. The van der Waals surface area contributed by atoms with Gasteiger partial charge in [-0.2, -0.15) is 0 Å². The van der Waals surface area contributed by atoms with Gasteiger partial charge in [-0.1, -0.05) is 25.1 Å². The smallest absolute Gasteiger partial charge is 0.257 e. The highest BCUT2D eigenvalue weighted by Gasteiger charge is 2.18. The van der Waals surface area contributed by atoms with Crippen molar-refractivity contribution in [1.29, 1.82) is 0 Å². The lowest BCUT2D eigenvalue weighted by molar-refractivity contribution is 0.0773. The van der Waals surface area contributed by atoms with E-state index in [1.165, 1.54) is 0 Å². The Hall–Kier alpha value is -3.21. The molecule has 0 atom stereocenters. The number of carbonyl (C=O) groups excluding carboxylic acids is 2. The van der Waals surface area contributed by atoms with Crippen molar-refractivity contribution in [2.75, 3.05) is 18.4 Å². The van der Waals surface area contributed by atoms with Gasteiger partial charge in [-0.05, 0) is 63.1 Å². The Morgan fingerprint density at radius 3 is 2.24 bits per heavy atom. The molecule has 0 bridgehead atoms. The average Bonchev–Trinajstić information content (AvgIpc) is 2.74.